The normalized spacial score (nSPS) is 11.6. The fourth-order valence-electron chi connectivity index (χ4n) is 4.72. The molecule has 5 aromatic rings. The lowest BCUT2D eigenvalue weighted by Gasteiger charge is -2.16. The fourth-order valence-corrected chi connectivity index (χ4v) is 4.86. The van der Waals surface area contributed by atoms with E-state index in [2.05, 4.69) is 25.4 Å². The average Bonchev–Trinajstić information content (AvgIpc) is 3.31. The second kappa shape index (κ2) is 10.2. The summed E-state index contributed by atoms with van der Waals surface area (Å²) in [5.41, 5.74) is 3.89. The second-order valence-electron chi connectivity index (χ2n) is 8.69. The number of fused-ring (bicyclic) bond motifs is 3. The molecule has 0 aliphatic heterocycles. The first-order valence-electron chi connectivity index (χ1n) is 11.8. The van der Waals surface area contributed by atoms with Gasteiger partial charge in [0.15, 0.2) is 0 Å². The zero-order valence-corrected chi connectivity index (χ0v) is 21.0. The van der Waals surface area contributed by atoms with Crippen LogP contribution >= 0.6 is 11.6 Å². The van der Waals surface area contributed by atoms with Gasteiger partial charge in [-0.05, 0) is 44.0 Å². The van der Waals surface area contributed by atoms with Gasteiger partial charge in [-0.3, -0.25) is 9.36 Å². The van der Waals surface area contributed by atoms with Crippen molar-refractivity contribution in [2.45, 2.75) is 39.8 Å². The lowest BCUT2D eigenvalue weighted by molar-refractivity contribution is 0.126. The Hall–Kier alpha value is -3.92. The van der Waals surface area contributed by atoms with Gasteiger partial charge >= 0.3 is 0 Å². The molecular formula is C26H24ClF2N7O. The molecular weight excluding hydrogens is 500 g/mol. The number of halogens is 3. The number of benzene rings is 1. The molecule has 0 saturated heterocycles. The van der Waals surface area contributed by atoms with Gasteiger partial charge < -0.3 is 5.32 Å². The molecule has 1 aromatic carbocycles. The number of hydrogen-bond donors (Lipinski definition) is 1. The van der Waals surface area contributed by atoms with Crippen LogP contribution in [0.3, 0.4) is 0 Å². The number of hydrogen-bond acceptors (Lipinski definition) is 6. The Morgan fingerprint density at radius 1 is 1.11 bits per heavy atom. The van der Waals surface area contributed by atoms with Crippen LogP contribution in [0.1, 0.15) is 18.1 Å². The maximum atomic E-state index is 13.4. The van der Waals surface area contributed by atoms with Gasteiger partial charge in [-0.1, -0.05) is 23.2 Å². The van der Waals surface area contributed by atoms with Crippen LogP contribution in [-0.2, 0) is 19.5 Å². The number of nitrogens with zero attached hydrogens (tertiary/aromatic N) is 6. The van der Waals surface area contributed by atoms with Gasteiger partial charge in [-0.2, -0.15) is 5.10 Å². The minimum absolute atomic E-state index is 0.351. The van der Waals surface area contributed by atoms with Gasteiger partial charge in [0.2, 0.25) is 0 Å². The first kappa shape index (κ1) is 24.8. The first-order valence-corrected chi connectivity index (χ1v) is 12.2. The highest BCUT2D eigenvalue weighted by Crippen LogP contribution is 2.30. The Morgan fingerprint density at radius 2 is 1.89 bits per heavy atom. The molecule has 0 spiro atoms. The van der Waals surface area contributed by atoms with E-state index in [4.69, 9.17) is 11.6 Å². The van der Waals surface area contributed by atoms with Crippen LogP contribution < -0.4 is 10.9 Å². The van der Waals surface area contributed by atoms with Crippen molar-refractivity contribution >= 4 is 39.1 Å². The molecule has 4 heterocycles. The Bertz CT molecular complexity index is 1650. The summed E-state index contributed by atoms with van der Waals surface area (Å²) >= 11 is 6.14. The molecule has 0 aliphatic carbocycles. The average molecular weight is 524 g/mol. The van der Waals surface area contributed by atoms with E-state index in [1.165, 1.54) is 6.33 Å². The molecule has 5 rings (SSSR count). The quantitative estimate of drug-likeness (QED) is 0.284. The van der Waals surface area contributed by atoms with Crippen LogP contribution in [0, 0.1) is 6.92 Å². The van der Waals surface area contributed by atoms with Gasteiger partial charge in [0.05, 0.1) is 24.1 Å². The van der Waals surface area contributed by atoms with E-state index in [1.54, 1.807) is 35.4 Å². The maximum absolute atomic E-state index is 13.4. The molecule has 0 fully saturated rings. The van der Waals surface area contributed by atoms with E-state index >= 15 is 0 Å². The Kier molecular flexibility index (Phi) is 6.84. The highest BCUT2D eigenvalue weighted by molar-refractivity contribution is 6.29. The van der Waals surface area contributed by atoms with Crippen molar-refractivity contribution in [2.75, 3.05) is 11.9 Å². The zero-order valence-electron chi connectivity index (χ0n) is 20.3. The van der Waals surface area contributed by atoms with Crippen molar-refractivity contribution in [3.8, 4) is 11.3 Å². The monoisotopic (exact) mass is 523 g/mol. The summed E-state index contributed by atoms with van der Waals surface area (Å²) in [5, 5.41) is 9.97. The summed E-state index contributed by atoms with van der Waals surface area (Å²) in [4.78, 5) is 26.0. The maximum Gasteiger partial charge on any atom is 0.260 e. The van der Waals surface area contributed by atoms with Crippen LogP contribution in [0.15, 0.2) is 54.0 Å². The molecule has 11 heteroatoms. The van der Waals surface area contributed by atoms with Crippen molar-refractivity contribution in [2.24, 2.45) is 0 Å². The van der Waals surface area contributed by atoms with Gasteiger partial charge in [-0.15, -0.1) is 0 Å². The van der Waals surface area contributed by atoms with Crippen molar-refractivity contribution in [3.05, 3.63) is 75.8 Å². The highest BCUT2D eigenvalue weighted by Gasteiger charge is 2.20. The third-order valence-corrected chi connectivity index (χ3v) is 6.41. The predicted octanol–water partition coefficient (Wildman–Crippen LogP) is 5.10. The van der Waals surface area contributed by atoms with E-state index in [-0.39, 0.29) is 0 Å². The molecule has 8 nitrogen and oxygen atoms in total. The van der Waals surface area contributed by atoms with Crippen molar-refractivity contribution in [1.82, 2.24) is 29.3 Å². The van der Waals surface area contributed by atoms with E-state index in [0.717, 1.165) is 32.3 Å². The Labute approximate surface area is 216 Å². The molecule has 4 aromatic heterocycles. The molecule has 0 amide bonds. The highest BCUT2D eigenvalue weighted by atomic mass is 35.5. The first-order chi connectivity index (χ1) is 17.9. The number of nitrogens with one attached hydrogen (secondary N) is 1. The van der Waals surface area contributed by atoms with E-state index in [9.17, 15) is 13.6 Å². The van der Waals surface area contributed by atoms with Crippen molar-refractivity contribution in [3.63, 3.8) is 0 Å². The lowest BCUT2D eigenvalue weighted by atomic mass is 9.98. The van der Waals surface area contributed by atoms with Crippen LogP contribution in [0.2, 0.25) is 5.15 Å². The number of aromatic nitrogens is 6. The van der Waals surface area contributed by atoms with Gasteiger partial charge in [-0.25, -0.2) is 28.4 Å². The van der Waals surface area contributed by atoms with Crippen LogP contribution in [-0.4, -0.2) is 42.3 Å². The smallest absolute Gasteiger partial charge is 0.260 e. The molecule has 1 N–H and O–H groups in total. The predicted molar refractivity (Wildman–Crippen MR) is 140 cm³/mol. The van der Waals surface area contributed by atoms with Crippen LogP contribution in [0.4, 0.5) is 14.5 Å². The summed E-state index contributed by atoms with van der Waals surface area (Å²) in [7, 11) is 0. The number of aryl methyl sites for hydroxylation is 2. The second-order valence-corrected chi connectivity index (χ2v) is 9.07. The van der Waals surface area contributed by atoms with Crippen LogP contribution in [0.5, 0.6) is 0 Å². The van der Waals surface area contributed by atoms with E-state index in [0.29, 0.717) is 46.8 Å². The molecule has 0 bridgehead atoms. The molecule has 0 radical (unpaired) electrons. The SMILES string of the molecule is CCn1ncc2c3c(CCNc4ccc(Cl)nc4-c4cncnc4)cc(C)cc3c(=O)n(CC(F)F)c21. The number of pyridine rings is 2. The summed E-state index contributed by atoms with van der Waals surface area (Å²) < 4.78 is 29.6. The van der Waals surface area contributed by atoms with Crippen molar-refractivity contribution < 1.29 is 8.78 Å². The molecule has 0 saturated carbocycles. The van der Waals surface area contributed by atoms with Gasteiger partial charge in [0.25, 0.3) is 12.0 Å². The summed E-state index contributed by atoms with van der Waals surface area (Å²) in [5.74, 6) is 0. The van der Waals surface area contributed by atoms with Gasteiger partial charge in [0, 0.05) is 47.2 Å². The lowest BCUT2D eigenvalue weighted by Crippen LogP contribution is -2.26. The van der Waals surface area contributed by atoms with Gasteiger partial charge in [0.1, 0.15) is 17.1 Å². The minimum Gasteiger partial charge on any atom is -0.383 e. The number of anilines is 1. The zero-order chi connectivity index (χ0) is 26.1. The minimum atomic E-state index is -2.66. The summed E-state index contributed by atoms with van der Waals surface area (Å²) in [6.07, 6.45) is 4.33. The van der Waals surface area contributed by atoms with E-state index in [1.807, 2.05) is 26.0 Å². The largest absolute Gasteiger partial charge is 0.383 e. The van der Waals surface area contributed by atoms with Crippen LogP contribution in [0.25, 0.3) is 33.1 Å². The molecule has 0 unspecified atom stereocenters. The number of alkyl halides is 2. The Morgan fingerprint density at radius 3 is 2.62 bits per heavy atom. The third kappa shape index (κ3) is 4.76. The van der Waals surface area contributed by atoms with Crippen molar-refractivity contribution in [1.29, 1.82) is 0 Å². The summed E-state index contributed by atoms with van der Waals surface area (Å²) in [6, 6.07) is 7.33. The van der Waals surface area contributed by atoms with E-state index < -0.39 is 18.5 Å². The molecule has 190 valence electrons. The fraction of sp³-hybridized carbons (Fsp3) is 0.269. The number of rotatable bonds is 8. The molecule has 0 aliphatic rings. The molecule has 0 atom stereocenters. The summed E-state index contributed by atoms with van der Waals surface area (Å²) in [6.45, 7) is 4.05. The standard InChI is InChI=1S/C26H24ClF2N7O/c1-3-36-25-19(12-33-36)23-16(8-15(2)9-18(23)26(37)35(25)13-22(28)29)6-7-32-20-4-5-21(27)34-24(20)17-10-30-14-31-11-17/h4-5,8-12,14,22,32H,3,6-7,13H2,1-2H3. The topological polar surface area (TPSA) is 90.5 Å². The third-order valence-electron chi connectivity index (χ3n) is 6.20. The molecule has 37 heavy (non-hydrogen) atoms. The Balaban J connectivity index is 1.56.